The van der Waals surface area contributed by atoms with Crippen LogP contribution >= 0.6 is 0 Å². The molecule has 2 aliphatic carbocycles. The Bertz CT molecular complexity index is 423. The zero-order valence-electron chi connectivity index (χ0n) is 12.3. The van der Waals surface area contributed by atoms with Crippen molar-refractivity contribution >= 4 is 0 Å². The first-order chi connectivity index (χ1) is 9.83. The highest BCUT2D eigenvalue weighted by atomic mass is 16.5. The van der Waals surface area contributed by atoms with E-state index in [9.17, 15) is 5.11 Å². The third kappa shape index (κ3) is 3.35. The number of rotatable bonds is 3. The minimum Gasteiger partial charge on any atom is -0.490 e. The molecule has 2 nitrogen and oxygen atoms in total. The van der Waals surface area contributed by atoms with E-state index in [4.69, 9.17) is 4.74 Å². The molecule has 0 radical (unpaired) electrons. The van der Waals surface area contributed by atoms with Gasteiger partial charge in [0.2, 0.25) is 0 Å². The molecule has 2 atom stereocenters. The van der Waals surface area contributed by atoms with Crippen molar-refractivity contribution in [2.45, 2.75) is 75.9 Å². The third-order valence-corrected chi connectivity index (χ3v) is 4.87. The van der Waals surface area contributed by atoms with Crippen LogP contribution in [0, 0.1) is 0 Å². The normalized spacial score (nSPS) is 28.2. The number of aliphatic hydroxyl groups excluding tert-OH is 1. The highest BCUT2D eigenvalue weighted by molar-refractivity contribution is 5.32. The van der Waals surface area contributed by atoms with E-state index in [1.165, 1.54) is 44.1 Å². The summed E-state index contributed by atoms with van der Waals surface area (Å²) in [4.78, 5) is 0. The minimum atomic E-state index is -0.173. The van der Waals surface area contributed by atoms with Gasteiger partial charge in [-0.15, -0.1) is 0 Å². The molecule has 1 aromatic carbocycles. The molecule has 0 spiro atoms. The maximum absolute atomic E-state index is 10.2. The summed E-state index contributed by atoms with van der Waals surface area (Å²) in [6.07, 6.45) is 11.0. The fourth-order valence-electron chi connectivity index (χ4n) is 3.69. The van der Waals surface area contributed by atoms with Gasteiger partial charge in [0.05, 0.1) is 12.2 Å². The second kappa shape index (κ2) is 6.62. The van der Waals surface area contributed by atoms with E-state index in [0.29, 0.717) is 12.0 Å². The topological polar surface area (TPSA) is 29.5 Å². The molecule has 1 N–H and O–H groups in total. The summed E-state index contributed by atoms with van der Waals surface area (Å²) in [6, 6.07) is 8.45. The monoisotopic (exact) mass is 274 g/mol. The molecular formula is C18H26O2. The van der Waals surface area contributed by atoms with Crippen LogP contribution in [0.3, 0.4) is 0 Å². The smallest absolute Gasteiger partial charge is 0.120 e. The predicted octanol–water partition coefficient (Wildman–Crippen LogP) is 4.42. The number of benzene rings is 1. The van der Waals surface area contributed by atoms with Crippen molar-refractivity contribution in [1.82, 2.24) is 0 Å². The number of hydrogen-bond donors (Lipinski definition) is 1. The highest BCUT2D eigenvalue weighted by Gasteiger charge is 2.25. The standard InChI is InChI=1S/C18H26O2/c19-18-12-5-4-11-17(18)14-7-6-10-16(13-14)20-15-8-2-1-3-9-15/h6-7,10,13,15,17-19H,1-5,8-9,11-12H2/t17-,18+/m0/s1. The lowest BCUT2D eigenvalue weighted by molar-refractivity contribution is 0.106. The van der Waals surface area contributed by atoms with Gasteiger partial charge in [0.15, 0.2) is 0 Å². The summed E-state index contributed by atoms with van der Waals surface area (Å²) >= 11 is 0. The zero-order chi connectivity index (χ0) is 13.8. The van der Waals surface area contributed by atoms with Crippen molar-refractivity contribution in [3.05, 3.63) is 29.8 Å². The van der Waals surface area contributed by atoms with E-state index in [1.54, 1.807) is 0 Å². The SMILES string of the molecule is O[C@@H]1CCCC[C@H]1c1cccc(OC2CCCCC2)c1. The Morgan fingerprint density at radius 2 is 1.65 bits per heavy atom. The average Bonchev–Trinajstić information content (AvgIpc) is 2.49. The maximum Gasteiger partial charge on any atom is 0.120 e. The molecular weight excluding hydrogens is 248 g/mol. The fourth-order valence-corrected chi connectivity index (χ4v) is 3.69. The van der Waals surface area contributed by atoms with Gasteiger partial charge in [0.1, 0.15) is 5.75 Å². The molecule has 0 amide bonds. The molecule has 3 rings (SSSR count). The molecule has 0 bridgehead atoms. The van der Waals surface area contributed by atoms with E-state index < -0.39 is 0 Å². The largest absolute Gasteiger partial charge is 0.490 e. The lowest BCUT2D eigenvalue weighted by atomic mass is 9.82. The molecule has 110 valence electrons. The number of hydrogen-bond acceptors (Lipinski definition) is 2. The minimum absolute atomic E-state index is 0.173. The van der Waals surface area contributed by atoms with Crippen molar-refractivity contribution in [1.29, 1.82) is 0 Å². The van der Waals surface area contributed by atoms with E-state index in [0.717, 1.165) is 25.0 Å². The van der Waals surface area contributed by atoms with Crippen molar-refractivity contribution in [3.63, 3.8) is 0 Å². The average molecular weight is 274 g/mol. The Kier molecular flexibility index (Phi) is 4.62. The lowest BCUT2D eigenvalue weighted by Gasteiger charge is -2.28. The molecule has 2 saturated carbocycles. The summed E-state index contributed by atoms with van der Waals surface area (Å²) < 4.78 is 6.14. The first kappa shape index (κ1) is 13.9. The van der Waals surface area contributed by atoms with Crippen LogP contribution in [0.15, 0.2) is 24.3 Å². The van der Waals surface area contributed by atoms with Crippen LogP contribution in [0.5, 0.6) is 5.75 Å². The van der Waals surface area contributed by atoms with Gasteiger partial charge in [0, 0.05) is 5.92 Å². The summed E-state index contributed by atoms with van der Waals surface area (Å²) in [6.45, 7) is 0. The Morgan fingerprint density at radius 1 is 0.900 bits per heavy atom. The first-order valence-electron chi connectivity index (χ1n) is 8.27. The van der Waals surface area contributed by atoms with Crippen LogP contribution < -0.4 is 4.74 Å². The van der Waals surface area contributed by atoms with Crippen LogP contribution in [0.25, 0.3) is 0 Å². The van der Waals surface area contributed by atoms with Gasteiger partial charge < -0.3 is 9.84 Å². The highest BCUT2D eigenvalue weighted by Crippen LogP contribution is 2.35. The summed E-state index contributed by atoms with van der Waals surface area (Å²) in [7, 11) is 0. The Morgan fingerprint density at radius 3 is 2.45 bits per heavy atom. The summed E-state index contributed by atoms with van der Waals surface area (Å²) in [5, 5.41) is 10.2. The number of ether oxygens (including phenoxy) is 1. The molecule has 2 aliphatic rings. The quantitative estimate of drug-likeness (QED) is 0.884. The van der Waals surface area contributed by atoms with Crippen LogP contribution in [0.1, 0.15) is 69.3 Å². The third-order valence-electron chi connectivity index (χ3n) is 4.87. The van der Waals surface area contributed by atoms with Crippen LogP contribution in [0.4, 0.5) is 0 Å². The Labute approximate surface area is 122 Å². The van der Waals surface area contributed by atoms with Crippen LogP contribution in [-0.4, -0.2) is 17.3 Å². The van der Waals surface area contributed by atoms with E-state index >= 15 is 0 Å². The van der Waals surface area contributed by atoms with Crippen LogP contribution in [-0.2, 0) is 0 Å². The van der Waals surface area contributed by atoms with Crippen LogP contribution in [0.2, 0.25) is 0 Å². The van der Waals surface area contributed by atoms with Gasteiger partial charge in [-0.05, 0) is 56.2 Å². The zero-order valence-corrected chi connectivity index (χ0v) is 12.3. The van der Waals surface area contributed by atoms with Gasteiger partial charge in [-0.3, -0.25) is 0 Å². The van der Waals surface area contributed by atoms with Gasteiger partial charge in [-0.25, -0.2) is 0 Å². The fraction of sp³-hybridized carbons (Fsp3) is 0.667. The van der Waals surface area contributed by atoms with Crippen molar-refractivity contribution < 1.29 is 9.84 Å². The second-order valence-electron chi connectivity index (χ2n) is 6.41. The van der Waals surface area contributed by atoms with E-state index in [2.05, 4.69) is 24.3 Å². The molecule has 1 aromatic rings. The predicted molar refractivity (Wildman–Crippen MR) is 81.2 cm³/mol. The molecule has 2 heteroatoms. The molecule has 0 unspecified atom stereocenters. The second-order valence-corrected chi connectivity index (χ2v) is 6.41. The summed E-state index contributed by atoms with van der Waals surface area (Å²) in [5.74, 6) is 1.30. The van der Waals surface area contributed by atoms with E-state index in [1.807, 2.05) is 0 Å². The Hall–Kier alpha value is -1.02. The maximum atomic E-state index is 10.2. The lowest BCUT2D eigenvalue weighted by Crippen LogP contribution is -2.23. The van der Waals surface area contributed by atoms with Gasteiger partial charge in [0.25, 0.3) is 0 Å². The molecule has 2 fully saturated rings. The van der Waals surface area contributed by atoms with E-state index in [-0.39, 0.29) is 6.10 Å². The van der Waals surface area contributed by atoms with Crippen molar-refractivity contribution in [2.24, 2.45) is 0 Å². The van der Waals surface area contributed by atoms with Crippen molar-refractivity contribution in [3.8, 4) is 5.75 Å². The molecule has 0 aliphatic heterocycles. The Balaban J connectivity index is 1.68. The van der Waals surface area contributed by atoms with Gasteiger partial charge in [-0.2, -0.15) is 0 Å². The first-order valence-corrected chi connectivity index (χ1v) is 8.27. The molecule has 0 saturated heterocycles. The molecule has 20 heavy (non-hydrogen) atoms. The number of aliphatic hydroxyl groups is 1. The van der Waals surface area contributed by atoms with Gasteiger partial charge >= 0.3 is 0 Å². The molecule has 0 aromatic heterocycles. The van der Waals surface area contributed by atoms with Gasteiger partial charge in [-0.1, -0.05) is 31.4 Å². The van der Waals surface area contributed by atoms with Crippen molar-refractivity contribution in [2.75, 3.05) is 0 Å². The molecule has 0 heterocycles. The summed E-state index contributed by atoms with van der Waals surface area (Å²) in [5.41, 5.74) is 1.26.